The Morgan fingerprint density at radius 2 is 2.00 bits per heavy atom. The van der Waals surface area contributed by atoms with Crippen LogP contribution >= 0.6 is 0 Å². The maximum atomic E-state index is 13.7. The van der Waals surface area contributed by atoms with Gasteiger partial charge in [-0.05, 0) is 36.2 Å². The summed E-state index contributed by atoms with van der Waals surface area (Å²) in [5, 5.41) is 0. The first-order valence-corrected chi connectivity index (χ1v) is 5.45. The number of benzene rings is 1. The summed E-state index contributed by atoms with van der Waals surface area (Å²) in [6, 6.07) is 5.32. The van der Waals surface area contributed by atoms with Gasteiger partial charge in [0.2, 0.25) is 0 Å². The molecule has 2 rings (SSSR count). The first-order chi connectivity index (χ1) is 8.63. The van der Waals surface area contributed by atoms with Crippen LogP contribution in [0.25, 0.3) is 0 Å². The number of aromatic nitrogens is 1. The van der Waals surface area contributed by atoms with Gasteiger partial charge in [-0.25, -0.2) is 14.2 Å². The molecular weight excluding hydrogens is 236 g/mol. The maximum absolute atomic E-state index is 13.7. The fourth-order valence-corrected chi connectivity index (χ4v) is 1.93. The van der Waals surface area contributed by atoms with Crippen LogP contribution in [-0.4, -0.2) is 4.98 Å². The largest absolute Gasteiger partial charge is 0.271 e. The highest BCUT2D eigenvalue weighted by molar-refractivity contribution is 5.36. The molecule has 94 valence electrons. The van der Waals surface area contributed by atoms with Crippen molar-refractivity contribution in [2.75, 3.05) is 0 Å². The molecule has 0 saturated heterocycles. The Morgan fingerprint density at radius 3 is 2.61 bits per heavy atom. The molecule has 18 heavy (non-hydrogen) atoms. The second kappa shape index (κ2) is 5.20. The van der Waals surface area contributed by atoms with Crippen molar-refractivity contribution in [1.29, 1.82) is 0 Å². The molecule has 0 fully saturated rings. The third-order valence-electron chi connectivity index (χ3n) is 2.82. The lowest BCUT2D eigenvalue weighted by Crippen LogP contribution is -2.30. The van der Waals surface area contributed by atoms with E-state index >= 15 is 0 Å². The number of hydrogen-bond donors (Lipinski definition) is 2. The van der Waals surface area contributed by atoms with Gasteiger partial charge in [-0.3, -0.25) is 10.8 Å². The lowest BCUT2D eigenvalue weighted by molar-refractivity contribution is 0.553. The molecule has 2 aromatic rings. The van der Waals surface area contributed by atoms with Gasteiger partial charge < -0.3 is 0 Å². The second-order valence-electron chi connectivity index (χ2n) is 4.00. The smallest absolute Gasteiger partial charge is 0.146 e. The van der Waals surface area contributed by atoms with Gasteiger partial charge in [0.15, 0.2) is 0 Å². The van der Waals surface area contributed by atoms with Gasteiger partial charge in [0.05, 0.1) is 12.2 Å². The lowest BCUT2D eigenvalue weighted by atomic mass is 9.96. The summed E-state index contributed by atoms with van der Waals surface area (Å²) in [7, 11) is 0. The second-order valence-corrected chi connectivity index (χ2v) is 4.00. The zero-order chi connectivity index (χ0) is 13.1. The van der Waals surface area contributed by atoms with Crippen LogP contribution < -0.4 is 11.3 Å². The van der Waals surface area contributed by atoms with E-state index in [-0.39, 0.29) is 5.82 Å². The van der Waals surface area contributed by atoms with Gasteiger partial charge in [0.25, 0.3) is 0 Å². The lowest BCUT2D eigenvalue weighted by Gasteiger charge is -2.19. The first kappa shape index (κ1) is 12.6. The SMILES string of the molecule is Cc1cc(F)ccc1C(NN)c1ccncc1F. The van der Waals surface area contributed by atoms with Crippen molar-refractivity contribution in [2.45, 2.75) is 13.0 Å². The molecule has 1 unspecified atom stereocenters. The minimum absolute atomic E-state index is 0.331. The molecule has 0 aliphatic heterocycles. The summed E-state index contributed by atoms with van der Waals surface area (Å²) in [5.74, 6) is 4.70. The quantitative estimate of drug-likeness (QED) is 0.647. The van der Waals surface area contributed by atoms with E-state index in [0.717, 1.165) is 11.8 Å². The molecule has 0 radical (unpaired) electrons. The number of nitrogens with one attached hydrogen (secondary N) is 1. The van der Waals surface area contributed by atoms with Crippen LogP contribution in [0.15, 0.2) is 36.7 Å². The zero-order valence-electron chi connectivity index (χ0n) is 9.82. The number of nitrogens with two attached hydrogens (primary N) is 1. The fourth-order valence-electron chi connectivity index (χ4n) is 1.93. The number of rotatable bonds is 3. The summed E-state index contributed by atoms with van der Waals surface area (Å²) in [6.07, 6.45) is 2.61. The molecule has 3 nitrogen and oxygen atoms in total. The Bertz CT molecular complexity index is 558. The third kappa shape index (κ3) is 2.37. The number of pyridine rings is 1. The normalized spacial score (nSPS) is 12.4. The maximum Gasteiger partial charge on any atom is 0.146 e. The fraction of sp³-hybridized carbons (Fsp3) is 0.154. The summed E-state index contributed by atoms with van der Waals surface area (Å²) in [4.78, 5) is 3.69. The predicted octanol–water partition coefficient (Wildman–Crippen LogP) is 2.22. The molecule has 0 amide bonds. The summed E-state index contributed by atoms with van der Waals surface area (Å²) < 4.78 is 26.8. The molecule has 1 heterocycles. The van der Waals surface area contributed by atoms with Crippen LogP contribution in [0.3, 0.4) is 0 Å². The highest BCUT2D eigenvalue weighted by Gasteiger charge is 2.18. The minimum atomic E-state index is -0.534. The molecule has 5 heteroatoms. The molecular formula is C13H13F2N3. The van der Waals surface area contributed by atoms with Crippen molar-refractivity contribution >= 4 is 0 Å². The molecule has 0 saturated carbocycles. The van der Waals surface area contributed by atoms with E-state index in [1.807, 2.05) is 0 Å². The Kier molecular flexibility index (Phi) is 3.64. The number of hydrogen-bond acceptors (Lipinski definition) is 3. The van der Waals surface area contributed by atoms with Crippen LogP contribution in [-0.2, 0) is 0 Å². The molecule has 0 aliphatic carbocycles. The Hall–Kier alpha value is -1.85. The van der Waals surface area contributed by atoms with Crippen LogP contribution in [0.2, 0.25) is 0 Å². The number of aryl methyl sites for hydroxylation is 1. The third-order valence-corrected chi connectivity index (χ3v) is 2.82. The highest BCUT2D eigenvalue weighted by atomic mass is 19.1. The van der Waals surface area contributed by atoms with Crippen LogP contribution in [0.4, 0.5) is 8.78 Å². The van der Waals surface area contributed by atoms with E-state index in [9.17, 15) is 8.78 Å². The monoisotopic (exact) mass is 249 g/mol. The van der Waals surface area contributed by atoms with Gasteiger partial charge in [-0.1, -0.05) is 6.07 Å². The molecule has 1 atom stereocenters. The highest BCUT2D eigenvalue weighted by Crippen LogP contribution is 2.26. The van der Waals surface area contributed by atoms with Crippen LogP contribution in [0.1, 0.15) is 22.7 Å². The predicted molar refractivity (Wildman–Crippen MR) is 64.5 cm³/mol. The van der Waals surface area contributed by atoms with Gasteiger partial charge in [0.1, 0.15) is 11.6 Å². The molecule has 0 spiro atoms. The van der Waals surface area contributed by atoms with Crippen molar-refractivity contribution in [1.82, 2.24) is 10.4 Å². The topological polar surface area (TPSA) is 50.9 Å². The molecule has 1 aromatic carbocycles. The van der Waals surface area contributed by atoms with Crippen molar-refractivity contribution in [3.63, 3.8) is 0 Å². The molecule has 1 aromatic heterocycles. The van der Waals surface area contributed by atoms with Crippen LogP contribution in [0.5, 0.6) is 0 Å². The van der Waals surface area contributed by atoms with Gasteiger partial charge in [0, 0.05) is 11.8 Å². The average Bonchev–Trinajstić information content (AvgIpc) is 2.34. The number of halogens is 2. The van der Waals surface area contributed by atoms with E-state index in [4.69, 9.17) is 5.84 Å². The average molecular weight is 249 g/mol. The molecule has 0 bridgehead atoms. The summed E-state index contributed by atoms with van der Waals surface area (Å²) >= 11 is 0. The standard InChI is InChI=1S/C13H13F2N3/c1-8-6-9(14)2-3-10(8)13(18-16)11-4-5-17-7-12(11)15/h2-7,13,18H,16H2,1H3. The van der Waals surface area contributed by atoms with Crippen LogP contribution in [0, 0.1) is 18.6 Å². The van der Waals surface area contributed by atoms with Gasteiger partial charge in [-0.2, -0.15) is 0 Å². The van der Waals surface area contributed by atoms with Gasteiger partial charge >= 0.3 is 0 Å². The Balaban J connectivity index is 2.49. The van der Waals surface area contributed by atoms with E-state index in [1.54, 1.807) is 19.1 Å². The summed E-state index contributed by atoms with van der Waals surface area (Å²) in [5.41, 5.74) is 4.35. The van der Waals surface area contributed by atoms with Crippen molar-refractivity contribution in [2.24, 2.45) is 5.84 Å². The number of hydrazine groups is 1. The number of nitrogens with zero attached hydrogens (tertiary/aromatic N) is 1. The van der Waals surface area contributed by atoms with Crippen molar-refractivity contribution in [3.8, 4) is 0 Å². The van der Waals surface area contributed by atoms with Crippen molar-refractivity contribution < 1.29 is 8.78 Å². The Labute approximate surface area is 104 Å². The van der Waals surface area contributed by atoms with E-state index in [0.29, 0.717) is 11.1 Å². The van der Waals surface area contributed by atoms with E-state index in [1.165, 1.54) is 18.3 Å². The molecule has 0 aliphatic rings. The van der Waals surface area contributed by atoms with Gasteiger partial charge in [-0.15, -0.1) is 0 Å². The zero-order valence-corrected chi connectivity index (χ0v) is 9.82. The first-order valence-electron chi connectivity index (χ1n) is 5.45. The molecule has 3 N–H and O–H groups in total. The minimum Gasteiger partial charge on any atom is -0.271 e. The summed E-state index contributed by atoms with van der Waals surface area (Å²) in [6.45, 7) is 1.75. The van der Waals surface area contributed by atoms with E-state index in [2.05, 4.69) is 10.4 Å². The van der Waals surface area contributed by atoms with Crippen molar-refractivity contribution in [3.05, 3.63) is 65.0 Å². The Morgan fingerprint density at radius 1 is 1.22 bits per heavy atom. The van der Waals surface area contributed by atoms with E-state index < -0.39 is 11.9 Å².